The fraction of sp³-hybridized carbons (Fsp3) is 0.524. The molecule has 1 aliphatic rings. The van der Waals surface area contributed by atoms with Crippen molar-refractivity contribution in [1.29, 1.82) is 0 Å². The molecule has 1 aliphatic carbocycles. The number of nitrogens with zero attached hydrogens (tertiary/aromatic N) is 3. The Labute approximate surface area is 192 Å². The van der Waals surface area contributed by atoms with E-state index in [1.165, 1.54) is 16.7 Å². The molecule has 2 heterocycles. The molecule has 1 saturated carbocycles. The highest BCUT2D eigenvalue weighted by Gasteiger charge is 2.37. The van der Waals surface area contributed by atoms with Crippen molar-refractivity contribution in [2.75, 3.05) is 7.05 Å². The number of aromatic hydroxyl groups is 1. The van der Waals surface area contributed by atoms with Gasteiger partial charge >= 0.3 is 0 Å². The number of hydrogen-bond acceptors (Lipinski definition) is 7. The number of hydrogen-bond donors (Lipinski definition) is 3. The average molecular weight is 482 g/mol. The molecule has 9 nitrogen and oxygen atoms in total. The summed E-state index contributed by atoms with van der Waals surface area (Å²) in [7, 11) is -2.28. The number of aliphatic imine (C=N–C) groups is 2. The van der Waals surface area contributed by atoms with Gasteiger partial charge in [0.05, 0.1) is 6.26 Å². The second-order valence-corrected chi connectivity index (χ2v) is 11.7. The number of sulfonamides is 1. The first kappa shape index (κ1) is 24.3. The van der Waals surface area contributed by atoms with Gasteiger partial charge in [-0.15, -0.1) is 11.3 Å². The number of furan rings is 1. The van der Waals surface area contributed by atoms with Crippen molar-refractivity contribution >= 4 is 38.7 Å². The normalized spacial score (nSPS) is 17.0. The molecular formula is C21H31N5O4S2. The van der Waals surface area contributed by atoms with Gasteiger partial charge in [0, 0.05) is 18.5 Å². The van der Waals surface area contributed by atoms with Crippen LogP contribution in [0, 0.1) is 5.92 Å². The van der Waals surface area contributed by atoms with Gasteiger partial charge in [0.15, 0.2) is 21.6 Å². The molecule has 2 aromatic heterocycles. The van der Waals surface area contributed by atoms with Crippen LogP contribution in [0.4, 0.5) is 5.69 Å². The smallest absolute Gasteiger partial charge is 0.256 e. The Morgan fingerprint density at radius 3 is 2.44 bits per heavy atom. The molecule has 0 aliphatic heterocycles. The Morgan fingerprint density at radius 1 is 1.25 bits per heavy atom. The molecule has 1 atom stereocenters. The van der Waals surface area contributed by atoms with Crippen LogP contribution in [0.5, 0.6) is 5.75 Å². The summed E-state index contributed by atoms with van der Waals surface area (Å²) in [5.41, 5.74) is 13.2. The summed E-state index contributed by atoms with van der Waals surface area (Å²) in [6.07, 6.45) is 3.35. The van der Waals surface area contributed by atoms with Gasteiger partial charge in [0.1, 0.15) is 17.5 Å². The van der Waals surface area contributed by atoms with Crippen molar-refractivity contribution in [1.82, 2.24) is 4.31 Å². The van der Waals surface area contributed by atoms with Gasteiger partial charge in [-0.25, -0.2) is 13.4 Å². The summed E-state index contributed by atoms with van der Waals surface area (Å²) in [5.74, 6) is 0.506. The Balaban J connectivity index is 1.87. The average Bonchev–Trinajstić information content (AvgIpc) is 3.33. The third-order valence-corrected chi connectivity index (χ3v) is 8.79. The number of amidine groups is 2. The predicted molar refractivity (Wildman–Crippen MR) is 127 cm³/mol. The van der Waals surface area contributed by atoms with Gasteiger partial charge in [-0.2, -0.15) is 4.31 Å². The second kappa shape index (κ2) is 9.24. The molecule has 5 N–H and O–H groups in total. The van der Waals surface area contributed by atoms with Gasteiger partial charge in [0.2, 0.25) is 0 Å². The van der Waals surface area contributed by atoms with Gasteiger partial charge in [-0.05, 0) is 36.3 Å². The lowest BCUT2D eigenvalue weighted by Gasteiger charge is -2.15. The highest BCUT2D eigenvalue weighted by atomic mass is 32.2. The lowest BCUT2D eigenvalue weighted by molar-refractivity contribution is 0.404. The highest BCUT2D eigenvalue weighted by molar-refractivity contribution is 7.91. The minimum atomic E-state index is -3.79. The van der Waals surface area contributed by atoms with Crippen LogP contribution in [0.15, 0.2) is 36.3 Å². The molecule has 32 heavy (non-hydrogen) atoms. The third kappa shape index (κ3) is 5.00. The predicted octanol–water partition coefficient (Wildman–Crippen LogP) is 3.70. The Bertz CT molecular complexity index is 1130. The fourth-order valence-electron chi connectivity index (χ4n) is 3.12. The fourth-order valence-corrected chi connectivity index (χ4v) is 5.92. The van der Waals surface area contributed by atoms with E-state index < -0.39 is 15.8 Å². The van der Waals surface area contributed by atoms with Crippen molar-refractivity contribution in [2.24, 2.45) is 27.4 Å². The molecule has 176 valence electrons. The topological polar surface area (TPSA) is 148 Å². The molecule has 3 rings (SSSR count). The monoisotopic (exact) mass is 481 g/mol. The zero-order valence-corrected chi connectivity index (χ0v) is 20.6. The van der Waals surface area contributed by atoms with E-state index in [9.17, 15) is 13.5 Å². The van der Waals surface area contributed by atoms with Crippen LogP contribution in [-0.4, -0.2) is 42.6 Å². The maximum Gasteiger partial charge on any atom is 0.256 e. The maximum absolute atomic E-state index is 12.7. The number of rotatable bonds is 8. The van der Waals surface area contributed by atoms with E-state index in [1.54, 1.807) is 6.26 Å². The van der Waals surface area contributed by atoms with E-state index in [4.69, 9.17) is 15.9 Å². The van der Waals surface area contributed by atoms with E-state index >= 15 is 0 Å². The number of nitrogens with two attached hydrogens (primary N) is 2. The zero-order valence-electron chi connectivity index (χ0n) is 18.9. The van der Waals surface area contributed by atoms with Gasteiger partial charge < -0.3 is 21.0 Å². The molecule has 1 fully saturated rings. The second-order valence-electron chi connectivity index (χ2n) is 8.65. The first-order valence-corrected chi connectivity index (χ1v) is 12.8. The van der Waals surface area contributed by atoms with Crippen molar-refractivity contribution in [3.05, 3.63) is 29.0 Å². The quantitative estimate of drug-likeness (QED) is 0.387. The van der Waals surface area contributed by atoms with Crippen molar-refractivity contribution in [2.45, 2.75) is 62.7 Å². The molecule has 0 amide bonds. The van der Waals surface area contributed by atoms with E-state index in [0.29, 0.717) is 11.7 Å². The molecule has 11 heteroatoms. The Hall–Kier alpha value is -2.37. The maximum atomic E-state index is 12.7. The first-order valence-electron chi connectivity index (χ1n) is 10.5. The van der Waals surface area contributed by atoms with Crippen LogP contribution in [0.25, 0.3) is 0 Å². The first-order chi connectivity index (χ1) is 14.9. The standard InChI is InChI=1S/C21H31N5O4S2/c1-11(2)13-8-16(30-9-13)17(12(3)4)25-20(23)19(22)24-15-10-31-21(18(15)27)32(28,29)26(5)14-6-7-14/h8-12,14,17,27H,6-7H2,1-5H3,(H2,22,24)(H2,23,25)/t17-/m1/s1. The van der Waals surface area contributed by atoms with Crippen LogP contribution >= 0.6 is 11.3 Å². The SMILES string of the molecule is CC(C)c1coc([C@H](N=C(N)C(N)=Nc2csc(S(=O)(=O)N(C)C3CC3)c2O)C(C)C)c1. The van der Waals surface area contributed by atoms with E-state index in [1.807, 2.05) is 19.9 Å². The van der Waals surface area contributed by atoms with Gasteiger partial charge in [-0.1, -0.05) is 27.7 Å². The van der Waals surface area contributed by atoms with Gasteiger partial charge in [-0.3, -0.25) is 4.99 Å². The van der Waals surface area contributed by atoms with Crippen LogP contribution in [0.1, 0.15) is 63.8 Å². The summed E-state index contributed by atoms with van der Waals surface area (Å²) < 4.78 is 32.3. The summed E-state index contributed by atoms with van der Waals surface area (Å²) >= 11 is 0.893. The van der Waals surface area contributed by atoms with Crippen LogP contribution in [-0.2, 0) is 10.0 Å². The highest BCUT2D eigenvalue weighted by Crippen LogP contribution is 2.42. The summed E-state index contributed by atoms with van der Waals surface area (Å²) in [6, 6.07) is 1.57. The molecule has 0 saturated heterocycles. The van der Waals surface area contributed by atoms with Crippen LogP contribution in [0.3, 0.4) is 0 Å². The summed E-state index contributed by atoms with van der Waals surface area (Å²) in [5, 5.41) is 11.9. The molecule has 0 spiro atoms. The minimum Gasteiger partial charge on any atom is -0.504 e. The zero-order chi connectivity index (χ0) is 23.8. The number of thiophene rings is 1. The minimum absolute atomic E-state index is 0.0173. The van der Waals surface area contributed by atoms with Crippen LogP contribution in [0.2, 0.25) is 0 Å². The molecular weight excluding hydrogens is 450 g/mol. The van der Waals surface area contributed by atoms with Crippen LogP contribution < -0.4 is 11.5 Å². The molecule has 0 bridgehead atoms. The Morgan fingerprint density at radius 2 is 1.91 bits per heavy atom. The lowest BCUT2D eigenvalue weighted by Crippen LogP contribution is -2.32. The van der Waals surface area contributed by atoms with E-state index in [0.717, 1.165) is 29.7 Å². The summed E-state index contributed by atoms with van der Waals surface area (Å²) in [6.45, 7) is 8.13. The molecule has 0 unspecified atom stereocenters. The van der Waals surface area contributed by atoms with E-state index in [-0.39, 0.29) is 39.6 Å². The largest absolute Gasteiger partial charge is 0.504 e. The van der Waals surface area contributed by atoms with E-state index in [2.05, 4.69) is 23.8 Å². The molecule has 2 aromatic rings. The third-order valence-electron chi connectivity index (χ3n) is 5.40. The lowest BCUT2D eigenvalue weighted by atomic mass is 10.00. The van der Waals surface area contributed by atoms with Crippen molar-refractivity contribution < 1.29 is 17.9 Å². The Kier molecular flexibility index (Phi) is 7.01. The van der Waals surface area contributed by atoms with Crippen molar-refractivity contribution in [3.8, 4) is 5.75 Å². The molecule has 0 aromatic carbocycles. The van der Waals surface area contributed by atoms with Gasteiger partial charge in [0.25, 0.3) is 10.0 Å². The van der Waals surface area contributed by atoms with Crippen molar-refractivity contribution in [3.63, 3.8) is 0 Å². The summed E-state index contributed by atoms with van der Waals surface area (Å²) in [4.78, 5) is 8.64. The molecule has 0 radical (unpaired) electrons.